The lowest BCUT2D eigenvalue weighted by Crippen LogP contribution is -2.40. The molecule has 0 aromatic rings. The number of halogens is 1. The lowest BCUT2D eigenvalue weighted by Gasteiger charge is -2.23. The first kappa shape index (κ1) is 17.5. The van der Waals surface area contributed by atoms with Crippen molar-refractivity contribution in [1.82, 2.24) is 4.90 Å². The molecule has 1 fully saturated rings. The molecule has 5 nitrogen and oxygen atoms in total. The van der Waals surface area contributed by atoms with Crippen LogP contribution in [0.15, 0.2) is 4.99 Å². The Hall–Kier alpha value is -0.530. The Balaban J connectivity index is 0.00000289. The average molecular weight is 368 g/mol. The van der Waals surface area contributed by atoms with Crippen LogP contribution in [0.3, 0.4) is 0 Å². The number of rotatable bonds is 3. The number of amides is 1. The molecule has 0 spiro atoms. The first-order chi connectivity index (χ1) is 7.93. The zero-order valence-electron chi connectivity index (χ0n) is 11.3. The second-order valence-electron chi connectivity index (χ2n) is 5.32. The van der Waals surface area contributed by atoms with Gasteiger partial charge in [0.25, 0.3) is 0 Å². The van der Waals surface area contributed by atoms with Gasteiger partial charge in [-0.25, -0.2) is 0 Å². The highest BCUT2D eigenvalue weighted by Crippen LogP contribution is 2.15. The monoisotopic (exact) mass is 368 g/mol. The summed E-state index contributed by atoms with van der Waals surface area (Å²) in [5.41, 5.74) is 10.6. The van der Waals surface area contributed by atoms with E-state index < -0.39 is 5.41 Å². The fourth-order valence-electron chi connectivity index (χ4n) is 1.76. The second-order valence-corrected chi connectivity index (χ2v) is 5.32. The molecule has 0 bridgehead atoms. The SMILES string of the molecule is CC(C)(CN=C(N)N1CCCCCC1)C(N)=O.I. The Morgan fingerprint density at radius 2 is 1.67 bits per heavy atom. The quantitative estimate of drug-likeness (QED) is 0.448. The highest BCUT2D eigenvalue weighted by Gasteiger charge is 2.24. The number of carbonyl (C=O) groups excluding carboxylic acids is 1. The van der Waals surface area contributed by atoms with Crippen molar-refractivity contribution in [3.8, 4) is 0 Å². The number of primary amides is 1. The van der Waals surface area contributed by atoms with E-state index in [1.165, 1.54) is 12.8 Å². The van der Waals surface area contributed by atoms with Crippen LogP contribution in [-0.2, 0) is 4.79 Å². The Labute approximate surface area is 126 Å². The molecule has 0 saturated carbocycles. The van der Waals surface area contributed by atoms with Gasteiger partial charge in [0.15, 0.2) is 5.96 Å². The molecule has 0 atom stereocenters. The topological polar surface area (TPSA) is 84.7 Å². The number of hydrogen-bond acceptors (Lipinski definition) is 2. The molecular formula is C12H25IN4O. The molecule has 1 aliphatic heterocycles. The zero-order valence-corrected chi connectivity index (χ0v) is 13.6. The van der Waals surface area contributed by atoms with Gasteiger partial charge in [-0.3, -0.25) is 9.79 Å². The number of nitrogens with zero attached hydrogens (tertiary/aromatic N) is 2. The minimum atomic E-state index is -0.629. The van der Waals surface area contributed by atoms with Crippen LogP contribution in [0.4, 0.5) is 0 Å². The van der Waals surface area contributed by atoms with Gasteiger partial charge in [-0.05, 0) is 26.7 Å². The van der Waals surface area contributed by atoms with E-state index in [-0.39, 0.29) is 29.9 Å². The summed E-state index contributed by atoms with van der Waals surface area (Å²) in [6.45, 7) is 5.85. The van der Waals surface area contributed by atoms with E-state index in [1.807, 2.05) is 0 Å². The molecule has 0 radical (unpaired) electrons. The summed E-state index contributed by atoms with van der Waals surface area (Å²) in [5.74, 6) is 0.200. The fourth-order valence-corrected chi connectivity index (χ4v) is 1.76. The Morgan fingerprint density at radius 3 is 2.11 bits per heavy atom. The van der Waals surface area contributed by atoms with Gasteiger partial charge < -0.3 is 16.4 Å². The second kappa shape index (κ2) is 7.81. The third-order valence-corrected chi connectivity index (χ3v) is 3.23. The molecule has 0 aromatic heterocycles. The lowest BCUT2D eigenvalue weighted by atomic mass is 9.93. The third-order valence-electron chi connectivity index (χ3n) is 3.23. The van der Waals surface area contributed by atoms with Crippen LogP contribution in [0.25, 0.3) is 0 Å². The Bertz CT molecular complexity index is 296. The first-order valence-corrected chi connectivity index (χ1v) is 6.28. The normalized spacial score (nSPS) is 17.9. The zero-order chi connectivity index (χ0) is 12.9. The molecule has 1 amide bonds. The molecule has 1 rings (SSSR count). The van der Waals surface area contributed by atoms with E-state index in [0.29, 0.717) is 12.5 Å². The fraction of sp³-hybridized carbons (Fsp3) is 0.833. The number of aliphatic imine (C=N–C) groups is 1. The highest BCUT2D eigenvalue weighted by atomic mass is 127. The maximum atomic E-state index is 11.2. The van der Waals surface area contributed by atoms with E-state index in [4.69, 9.17) is 11.5 Å². The van der Waals surface area contributed by atoms with Crippen LogP contribution in [0.1, 0.15) is 39.5 Å². The Morgan fingerprint density at radius 1 is 1.17 bits per heavy atom. The number of nitrogens with two attached hydrogens (primary N) is 2. The first-order valence-electron chi connectivity index (χ1n) is 6.28. The molecule has 1 heterocycles. The van der Waals surface area contributed by atoms with Crippen molar-refractivity contribution in [2.45, 2.75) is 39.5 Å². The van der Waals surface area contributed by atoms with E-state index in [0.717, 1.165) is 25.9 Å². The summed E-state index contributed by atoms with van der Waals surface area (Å²) in [4.78, 5) is 17.6. The molecule has 4 N–H and O–H groups in total. The van der Waals surface area contributed by atoms with Crippen molar-refractivity contribution >= 4 is 35.8 Å². The summed E-state index contributed by atoms with van der Waals surface area (Å²) < 4.78 is 0. The molecule has 18 heavy (non-hydrogen) atoms. The smallest absolute Gasteiger partial charge is 0.224 e. The van der Waals surface area contributed by atoms with Crippen molar-refractivity contribution in [3.05, 3.63) is 0 Å². The van der Waals surface area contributed by atoms with E-state index in [1.54, 1.807) is 13.8 Å². The largest absolute Gasteiger partial charge is 0.370 e. The molecule has 0 aromatic carbocycles. The van der Waals surface area contributed by atoms with Crippen molar-refractivity contribution in [1.29, 1.82) is 0 Å². The van der Waals surface area contributed by atoms with Gasteiger partial charge in [0, 0.05) is 13.1 Å². The van der Waals surface area contributed by atoms with Crippen LogP contribution in [-0.4, -0.2) is 36.4 Å². The average Bonchev–Trinajstić information content (AvgIpc) is 2.54. The van der Waals surface area contributed by atoms with Crippen molar-refractivity contribution < 1.29 is 4.79 Å². The molecule has 1 saturated heterocycles. The van der Waals surface area contributed by atoms with Gasteiger partial charge in [-0.2, -0.15) is 0 Å². The van der Waals surface area contributed by atoms with E-state index in [2.05, 4.69) is 9.89 Å². The highest BCUT2D eigenvalue weighted by molar-refractivity contribution is 14.0. The maximum absolute atomic E-state index is 11.2. The predicted octanol–water partition coefficient (Wildman–Crippen LogP) is 1.31. The third kappa shape index (κ3) is 5.41. The molecule has 1 aliphatic rings. The number of hydrogen-bond donors (Lipinski definition) is 2. The van der Waals surface area contributed by atoms with Crippen LogP contribution in [0.5, 0.6) is 0 Å². The van der Waals surface area contributed by atoms with Gasteiger partial charge in [0.1, 0.15) is 0 Å². The molecule has 106 valence electrons. The van der Waals surface area contributed by atoms with E-state index in [9.17, 15) is 4.79 Å². The summed E-state index contributed by atoms with van der Waals surface area (Å²) >= 11 is 0. The van der Waals surface area contributed by atoms with Crippen molar-refractivity contribution in [2.24, 2.45) is 21.9 Å². The van der Waals surface area contributed by atoms with Crippen LogP contribution in [0, 0.1) is 5.41 Å². The van der Waals surface area contributed by atoms with Gasteiger partial charge in [-0.15, -0.1) is 24.0 Å². The van der Waals surface area contributed by atoms with Crippen molar-refractivity contribution in [3.63, 3.8) is 0 Å². The van der Waals surface area contributed by atoms with Crippen LogP contribution in [0.2, 0.25) is 0 Å². The summed E-state index contributed by atoms with van der Waals surface area (Å²) in [6.07, 6.45) is 4.85. The van der Waals surface area contributed by atoms with Crippen molar-refractivity contribution in [2.75, 3.05) is 19.6 Å². The minimum Gasteiger partial charge on any atom is -0.370 e. The van der Waals surface area contributed by atoms with Gasteiger partial charge in [0.05, 0.1) is 12.0 Å². The van der Waals surface area contributed by atoms with Crippen LogP contribution < -0.4 is 11.5 Å². The van der Waals surface area contributed by atoms with E-state index >= 15 is 0 Å². The van der Waals surface area contributed by atoms with Gasteiger partial charge in [0.2, 0.25) is 5.91 Å². The van der Waals surface area contributed by atoms with Crippen LogP contribution >= 0.6 is 24.0 Å². The standard InChI is InChI=1S/C12H24N4O.HI/c1-12(2,10(13)17)9-15-11(14)16-7-5-3-4-6-8-16;/h3-9H2,1-2H3,(H2,13,17)(H2,14,15);1H. The molecule has 0 aliphatic carbocycles. The molecule has 0 unspecified atom stereocenters. The molecular weight excluding hydrogens is 343 g/mol. The number of carbonyl (C=O) groups is 1. The Kier molecular flexibility index (Phi) is 7.58. The minimum absolute atomic E-state index is 0. The predicted molar refractivity (Wildman–Crippen MR) is 84.9 cm³/mol. The van der Waals surface area contributed by atoms with Gasteiger partial charge >= 0.3 is 0 Å². The number of likely N-dealkylation sites (tertiary alicyclic amines) is 1. The summed E-state index contributed by atoms with van der Waals surface area (Å²) in [7, 11) is 0. The lowest BCUT2D eigenvalue weighted by molar-refractivity contribution is -0.125. The summed E-state index contributed by atoms with van der Waals surface area (Å²) in [6, 6.07) is 0. The maximum Gasteiger partial charge on any atom is 0.224 e. The molecule has 6 heteroatoms. The number of guanidine groups is 1. The van der Waals surface area contributed by atoms with Gasteiger partial charge in [-0.1, -0.05) is 12.8 Å². The summed E-state index contributed by atoms with van der Waals surface area (Å²) in [5, 5.41) is 0.